The molecule has 1 radical (unpaired) electrons. The average Bonchev–Trinajstić information content (AvgIpc) is 1.86. The zero-order valence-corrected chi connectivity index (χ0v) is 9.26. The van der Waals surface area contributed by atoms with E-state index in [2.05, 4.69) is 32.9 Å². The summed E-state index contributed by atoms with van der Waals surface area (Å²) in [5, 5.41) is 0. The molecule has 83 valence electrons. The van der Waals surface area contributed by atoms with Crippen molar-refractivity contribution in [3.8, 4) is 0 Å². The fourth-order valence-electron chi connectivity index (χ4n) is 0.955. The molecule has 0 unspecified atom stereocenters. The number of hydrogen-bond donors (Lipinski definition) is 0. The van der Waals surface area contributed by atoms with E-state index in [9.17, 15) is 0 Å². The number of halogens is 3. The molecule has 0 aliphatic rings. The third-order valence-electron chi connectivity index (χ3n) is 1.72. The molecule has 0 aliphatic heterocycles. The molecule has 0 bridgehead atoms. The first kappa shape index (κ1) is 18.9. The third-order valence-corrected chi connectivity index (χ3v) is 1.99. The molecule has 14 heavy (non-hydrogen) atoms. The van der Waals surface area contributed by atoms with Gasteiger partial charge in [0.05, 0.1) is 0 Å². The second-order valence-electron chi connectivity index (χ2n) is 3.77. The number of hydrogen-bond acceptors (Lipinski definition) is 0. The summed E-state index contributed by atoms with van der Waals surface area (Å²) in [5.74, 6) is 0. The van der Waals surface area contributed by atoms with Gasteiger partial charge in [-0.05, 0) is 23.1 Å². The van der Waals surface area contributed by atoms with Crippen molar-refractivity contribution < 1.29 is 14.1 Å². The van der Waals surface area contributed by atoms with Crippen molar-refractivity contribution in [3.63, 3.8) is 0 Å². The van der Waals surface area contributed by atoms with Gasteiger partial charge in [0.25, 0.3) is 0 Å². The van der Waals surface area contributed by atoms with Crippen molar-refractivity contribution >= 4 is 12.6 Å². The SMILES string of the molecule is CC(C)(C)c1ccc([S])cc1.F.F.F. The molecule has 0 atom stereocenters. The standard InChI is InChI=1S/C10H13S.3FH/c1-10(2,3)8-4-6-9(11)7-5-8;;;/h4-7H,1-3H3;3*1H. The van der Waals surface area contributed by atoms with Crippen LogP contribution < -0.4 is 0 Å². The highest BCUT2D eigenvalue weighted by molar-refractivity contribution is 7.80. The van der Waals surface area contributed by atoms with Gasteiger partial charge in [0.1, 0.15) is 0 Å². The minimum absolute atomic E-state index is 0. The van der Waals surface area contributed by atoms with E-state index in [0.29, 0.717) is 0 Å². The molecule has 0 spiro atoms. The Morgan fingerprint density at radius 2 is 1.21 bits per heavy atom. The van der Waals surface area contributed by atoms with Crippen LogP contribution in [0.1, 0.15) is 26.3 Å². The van der Waals surface area contributed by atoms with Gasteiger partial charge in [-0.2, -0.15) is 0 Å². The van der Waals surface area contributed by atoms with E-state index in [0.717, 1.165) is 4.90 Å². The summed E-state index contributed by atoms with van der Waals surface area (Å²) in [6.07, 6.45) is 0. The maximum absolute atomic E-state index is 4.99. The van der Waals surface area contributed by atoms with Gasteiger partial charge in [-0.3, -0.25) is 14.1 Å². The van der Waals surface area contributed by atoms with Crippen molar-refractivity contribution in [2.75, 3.05) is 0 Å². The molecule has 1 aromatic carbocycles. The molecule has 1 rings (SSSR count). The van der Waals surface area contributed by atoms with Crippen LogP contribution in [0.5, 0.6) is 0 Å². The van der Waals surface area contributed by atoms with Gasteiger partial charge in [-0.25, -0.2) is 0 Å². The van der Waals surface area contributed by atoms with Crippen LogP contribution in [0.3, 0.4) is 0 Å². The van der Waals surface area contributed by atoms with E-state index < -0.39 is 0 Å². The van der Waals surface area contributed by atoms with Crippen molar-refractivity contribution in [3.05, 3.63) is 29.8 Å². The fourth-order valence-corrected chi connectivity index (χ4v) is 1.09. The average molecular weight is 225 g/mol. The second-order valence-corrected chi connectivity index (χ2v) is 4.25. The lowest BCUT2D eigenvalue weighted by atomic mass is 9.87. The van der Waals surface area contributed by atoms with Crippen LogP contribution in [0, 0.1) is 0 Å². The predicted molar refractivity (Wildman–Crippen MR) is 58.5 cm³/mol. The molecule has 0 saturated heterocycles. The van der Waals surface area contributed by atoms with Crippen molar-refractivity contribution in [2.45, 2.75) is 31.1 Å². The van der Waals surface area contributed by atoms with Crippen molar-refractivity contribution in [2.24, 2.45) is 0 Å². The molecule has 1 aromatic rings. The largest absolute Gasteiger partial charge is 0.269 e. The molecule has 0 aliphatic carbocycles. The van der Waals surface area contributed by atoms with Crippen LogP contribution in [0.25, 0.3) is 0 Å². The molecule has 0 nitrogen and oxygen atoms in total. The lowest BCUT2D eigenvalue weighted by Gasteiger charge is -2.18. The highest BCUT2D eigenvalue weighted by atomic mass is 32.1. The quantitative estimate of drug-likeness (QED) is 0.626. The Labute approximate surface area is 88.2 Å². The summed E-state index contributed by atoms with van der Waals surface area (Å²) in [7, 11) is 0. The van der Waals surface area contributed by atoms with E-state index in [1.807, 2.05) is 12.1 Å². The first-order chi connectivity index (χ1) is 5.00. The molecule has 0 N–H and O–H groups in total. The van der Waals surface area contributed by atoms with Crippen LogP contribution in [0.15, 0.2) is 29.2 Å². The first-order valence-corrected chi connectivity index (χ1v) is 4.18. The normalized spacial score (nSPS) is 9.07. The molecule has 0 heterocycles. The van der Waals surface area contributed by atoms with Gasteiger partial charge in [-0.1, -0.05) is 45.5 Å². The molecular weight excluding hydrogens is 209 g/mol. The van der Waals surface area contributed by atoms with Gasteiger partial charge >= 0.3 is 0 Å². The Morgan fingerprint density at radius 3 is 1.50 bits per heavy atom. The molecule has 0 fully saturated rings. The molecule has 4 heteroatoms. The molecule has 0 amide bonds. The van der Waals surface area contributed by atoms with Crippen molar-refractivity contribution in [1.29, 1.82) is 0 Å². The smallest absolute Gasteiger partial charge is 0.0377 e. The van der Waals surface area contributed by atoms with Gasteiger partial charge in [0.15, 0.2) is 0 Å². The lowest BCUT2D eigenvalue weighted by Crippen LogP contribution is -2.10. The van der Waals surface area contributed by atoms with E-state index in [-0.39, 0.29) is 19.5 Å². The van der Waals surface area contributed by atoms with Crippen LogP contribution in [0.2, 0.25) is 0 Å². The summed E-state index contributed by atoms with van der Waals surface area (Å²) in [5.41, 5.74) is 1.58. The zero-order valence-electron chi connectivity index (χ0n) is 8.44. The summed E-state index contributed by atoms with van der Waals surface area (Å²) in [4.78, 5) is 0.915. The minimum atomic E-state index is 0. The van der Waals surface area contributed by atoms with Crippen molar-refractivity contribution in [1.82, 2.24) is 0 Å². The van der Waals surface area contributed by atoms with Crippen LogP contribution in [0.4, 0.5) is 14.1 Å². The van der Waals surface area contributed by atoms with E-state index in [4.69, 9.17) is 12.6 Å². The highest BCUT2D eigenvalue weighted by Crippen LogP contribution is 2.22. The first-order valence-electron chi connectivity index (χ1n) is 3.78. The van der Waals surface area contributed by atoms with Gasteiger partial charge in [0, 0.05) is 4.90 Å². The van der Waals surface area contributed by atoms with E-state index in [1.54, 1.807) is 0 Å². The number of rotatable bonds is 0. The Balaban J connectivity index is -0.000000403. The summed E-state index contributed by atoms with van der Waals surface area (Å²) in [6, 6.07) is 8.16. The minimum Gasteiger partial charge on any atom is -0.269 e. The van der Waals surface area contributed by atoms with Crippen LogP contribution in [-0.4, -0.2) is 0 Å². The van der Waals surface area contributed by atoms with Gasteiger partial charge < -0.3 is 0 Å². The van der Waals surface area contributed by atoms with Gasteiger partial charge in [0.2, 0.25) is 0 Å². The molecular formula is C10H16F3S. The Morgan fingerprint density at radius 1 is 0.857 bits per heavy atom. The summed E-state index contributed by atoms with van der Waals surface area (Å²) < 4.78 is 0. The topological polar surface area (TPSA) is 0 Å². The predicted octanol–water partition coefficient (Wildman–Crippen LogP) is 4.00. The lowest BCUT2D eigenvalue weighted by molar-refractivity contribution is 0.590. The van der Waals surface area contributed by atoms with E-state index >= 15 is 0 Å². The zero-order chi connectivity index (χ0) is 8.48. The molecule has 0 aromatic heterocycles. The Hall–Kier alpha value is -0.770. The number of benzene rings is 1. The summed E-state index contributed by atoms with van der Waals surface area (Å²) >= 11 is 4.99. The Kier molecular flexibility index (Phi) is 8.98. The molecule has 0 saturated carbocycles. The maximum Gasteiger partial charge on any atom is 0.0377 e. The summed E-state index contributed by atoms with van der Waals surface area (Å²) in [6.45, 7) is 6.60. The maximum atomic E-state index is 4.99. The van der Waals surface area contributed by atoms with Gasteiger partial charge in [-0.15, -0.1) is 0 Å². The fraction of sp³-hybridized carbons (Fsp3) is 0.400. The Bertz CT molecular complexity index is 239. The third kappa shape index (κ3) is 5.07. The van der Waals surface area contributed by atoms with Crippen LogP contribution >= 0.6 is 12.6 Å². The van der Waals surface area contributed by atoms with Crippen LogP contribution in [-0.2, 0) is 5.41 Å². The highest BCUT2D eigenvalue weighted by Gasteiger charge is 2.12. The second kappa shape index (κ2) is 6.65. The monoisotopic (exact) mass is 225 g/mol. The van der Waals surface area contributed by atoms with E-state index in [1.165, 1.54) is 5.56 Å².